The summed E-state index contributed by atoms with van der Waals surface area (Å²) < 4.78 is 1.85. The smallest absolute Gasteiger partial charge is 0.317 e. The standard InChI is InChI=1S/C18H31N5O2/c1-3-22(15-6-7-15)12-9-20-18(25)23-10-4-5-14(13-23)16(24)17-19-8-11-21(17)2/h8,11,14-16,24H,3-7,9-10,12-13H2,1-2H3,(H,20,25). The fraction of sp³-hybridized carbons (Fsp3) is 0.778. The molecule has 1 aromatic heterocycles. The Morgan fingerprint density at radius 1 is 1.48 bits per heavy atom. The van der Waals surface area contributed by atoms with E-state index in [0.717, 1.165) is 38.5 Å². The SMILES string of the molecule is CCN(CCNC(=O)N1CCCC(C(O)c2nccn2C)C1)C1CC1. The minimum absolute atomic E-state index is 0.0106. The molecule has 2 aliphatic rings. The summed E-state index contributed by atoms with van der Waals surface area (Å²) in [5.74, 6) is 0.717. The number of amides is 2. The van der Waals surface area contributed by atoms with Crippen LogP contribution >= 0.6 is 0 Å². The molecule has 140 valence electrons. The highest BCUT2D eigenvalue weighted by Gasteiger charge is 2.31. The van der Waals surface area contributed by atoms with E-state index in [2.05, 4.69) is 22.1 Å². The van der Waals surface area contributed by atoms with Crippen LogP contribution in [0.3, 0.4) is 0 Å². The van der Waals surface area contributed by atoms with Crippen molar-refractivity contribution in [3.8, 4) is 0 Å². The van der Waals surface area contributed by atoms with Gasteiger partial charge in [-0.1, -0.05) is 6.92 Å². The van der Waals surface area contributed by atoms with Gasteiger partial charge in [-0.25, -0.2) is 9.78 Å². The largest absolute Gasteiger partial charge is 0.385 e. The summed E-state index contributed by atoms with van der Waals surface area (Å²) in [6.07, 6.45) is 7.34. The zero-order chi connectivity index (χ0) is 17.8. The Bertz CT molecular complexity index is 572. The first-order valence-corrected chi connectivity index (χ1v) is 9.52. The summed E-state index contributed by atoms with van der Waals surface area (Å²) in [5, 5.41) is 13.7. The number of aryl methyl sites for hydroxylation is 1. The van der Waals surface area contributed by atoms with Crippen molar-refractivity contribution >= 4 is 6.03 Å². The van der Waals surface area contributed by atoms with Crippen molar-refractivity contribution in [3.63, 3.8) is 0 Å². The molecule has 1 aliphatic heterocycles. The summed E-state index contributed by atoms with van der Waals surface area (Å²) in [5.41, 5.74) is 0. The van der Waals surface area contributed by atoms with E-state index in [1.165, 1.54) is 12.8 Å². The molecule has 0 spiro atoms. The number of aromatic nitrogens is 2. The third-order valence-corrected chi connectivity index (χ3v) is 5.46. The molecule has 2 fully saturated rings. The van der Waals surface area contributed by atoms with Gasteiger partial charge in [0.05, 0.1) is 0 Å². The van der Waals surface area contributed by atoms with Crippen molar-refractivity contribution in [3.05, 3.63) is 18.2 Å². The fourth-order valence-corrected chi connectivity index (χ4v) is 3.78. The highest BCUT2D eigenvalue weighted by atomic mass is 16.3. The van der Waals surface area contributed by atoms with Crippen molar-refractivity contribution in [2.45, 2.75) is 44.8 Å². The maximum atomic E-state index is 12.5. The Morgan fingerprint density at radius 2 is 2.28 bits per heavy atom. The van der Waals surface area contributed by atoms with Crippen molar-refractivity contribution in [1.29, 1.82) is 0 Å². The van der Waals surface area contributed by atoms with Gasteiger partial charge < -0.3 is 19.9 Å². The van der Waals surface area contributed by atoms with E-state index in [0.29, 0.717) is 18.9 Å². The number of aliphatic hydroxyl groups is 1. The van der Waals surface area contributed by atoms with Crippen LogP contribution in [-0.2, 0) is 7.05 Å². The Morgan fingerprint density at radius 3 is 2.92 bits per heavy atom. The molecule has 2 unspecified atom stereocenters. The van der Waals surface area contributed by atoms with Gasteiger partial charge in [0.2, 0.25) is 0 Å². The number of likely N-dealkylation sites (tertiary alicyclic amines) is 1. The number of carbonyl (C=O) groups excluding carboxylic acids is 1. The van der Waals surface area contributed by atoms with E-state index >= 15 is 0 Å². The quantitative estimate of drug-likeness (QED) is 0.779. The van der Waals surface area contributed by atoms with Crippen LogP contribution < -0.4 is 5.32 Å². The molecule has 7 nitrogen and oxygen atoms in total. The number of aliphatic hydroxyl groups excluding tert-OH is 1. The van der Waals surface area contributed by atoms with Gasteiger partial charge in [0.1, 0.15) is 11.9 Å². The third kappa shape index (κ3) is 4.52. The first-order chi connectivity index (χ1) is 12.1. The van der Waals surface area contributed by atoms with Crippen LogP contribution in [0.15, 0.2) is 12.4 Å². The lowest BCUT2D eigenvalue weighted by atomic mass is 9.92. The van der Waals surface area contributed by atoms with E-state index in [1.54, 1.807) is 6.20 Å². The average molecular weight is 349 g/mol. The predicted octanol–water partition coefficient (Wildman–Crippen LogP) is 1.36. The summed E-state index contributed by atoms with van der Waals surface area (Å²) in [7, 11) is 1.89. The molecule has 2 heterocycles. The highest BCUT2D eigenvalue weighted by Crippen LogP contribution is 2.29. The van der Waals surface area contributed by atoms with E-state index in [9.17, 15) is 9.90 Å². The normalized spacial score (nSPS) is 22.2. The molecule has 2 N–H and O–H groups in total. The molecular weight excluding hydrogens is 318 g/mol. The monoisotopic (exact) mass is 349 g/mol. The highest BCUT2D eigenvalue weighted by molar-refractivity contribution is 5.74. The average Bonchev–Trinajstić information content (AvgIpc) is 3.38. The lowest BCUT2D eigenvalue weighted by Gasteiger charge is -2.35. The van der Waals surface area contributed by atoms with E-state index in [4.69, 9.17) is 0 Å². The maximum Gasteiger partial charge on any atom is 0.317 e. The number of hydrogen-bond acceptors (Lipinski definition) is 4. The number of hydrogen-bond donors (Lipinski definition) is 2. The van der Waals surface area contributed by atoms with E-state index in [1.807, 2.05) is 22.7 Å². The van der Waals surface area contributed by atoms with Crippen molar-refractivity contribution < 1.29 is 9.90 Å². The van der Waals surface area contributed by atoms with Crippen molar-refractivity contribution in [2.24, 2.45) is 13.0 Å². The van der Waals surface area contributed by atoms with Gasteiger partial charge in [-0.05, 0) is 32.2 Å². The van der Waals surface area contributed by atoms with Gasteiger partial charge in [-0.15, -0.1) is 0 Å². The summed E-state index contributed by atoms with van der Waals surface area (Å²) in [6, 6.07) is 0.720. The minimum Gasteiger partial charge on any atom is -0.385 e. The molecule has 2 amide bonds. The topological polar surface area (TPSA) is 73.6 Å². The third-order valence-electron chi connectivity index (χ3n) is 5.46. The predicted molar refractivity (Wildman–Crippen MR) is 96.1 cm³/mol. The van der Waals surface area contributed by atoms with Crippen molar-refractivity contribution in [2.75, 3.05) is 32.7 Å². The van der Waals surface area contributed by atoms with Gasteiger partial charge in [0.25, 0.3) is 0 Å². The van der Waals surface area contributed by atoms with Crippen LogP contribution in [0.25, 0.3) is 0 Å². The number of nitrogens with one attached hydrogen (secondary N) is 1. The van der Waals surface area contributed by atoms with E-state index < -0.39 is 6.10 Å². The Balaban J connectivity index is 1.47. The molecule has 0 radical (unpaired) electrons. The molecule has 1 saturated heterocycles. The molecule has 0 bridgehead atoms. The molecule has 0 aromatic carbocycles. The number of rotatable bonds is 7. The lowest BCUT2D eigenvalue weighted by molar-refractivity contribution is 0.0531. The summed E-state index contributed by atoms with van der Waals surface area (Å²) in [6.45, 7) is 6.17. The molecule has 3 rings (SSSR count). The van der Waals surface area contributed by atoms with Gasteiger partial charge in [-0.2, -0.15) is 0 Å². The Labute approximate surface area is 150 Å². The van der Waals surface area contributed by atoms with Crippen LogP contribution in [-0.4, -0.2) is 69.3 Å². The molecule has 7 heteroatoms. The van der Waals surface area contributed by atoms with Crippen molar-refractivity contribution in [1.82, 2.24) is 24.7 Å². The van der Waals surface area contributed by atoms with Gasteiger partial charge in [0.15, 0.2) is 0 Å². The molecule has 1 aromatic rings. The molecule has 1 saturated carbocycles. The van der Waals surface area contributed by atoms with Crippen LogP contribution in [0.4, 0.5) is 4.79 Å². The second-order valence-corrected chi connectivity index (χ2v) is 7.28. The number of urea groups is 1. The second-order valence-electron chi connectivity index (χ2n) is 7.28. The summed E-state index contributed by atoms with van der Waals surface area (Å²) in [4.78, 5) is 21.0. The fourth-order valence-electron chi connectivity index (χ4n) is 3.78. The van der Waals surface area contributed by atoms with Gasteiger partial charge in [0, 0.05) is 57.6 Å². The van der Waals surface area contributed by atoms with Crippen LogP contribution in [0.2, 0.25) is 0 Å². The number of piperidine rings is 1. The molecule has 25 heavy (non-hydrogen) atoms. The van der Waals surface area contributed by atoms with E-state index in [-0.39, 0.29) is 11.9 Å². The molecule has 1 aliphatic carbocycles. The Hall–Kier alpha value is -1.60. The zero-order valence-corrected chi connectivity index (χ0v) is 15.4. The zero-order valence-electron chi connectivity index (χ0n) is 15.4. The summed E-state index contributed by atoms with van der Waals surface area (Å²) >= 11 is 0. The minimum atomic E-state index is -0.624. The molecular formula is C18H31N5O2. The number of nitrogens with zero attached hydrogens (tertiary/aromatic N) is 4. The number of likely N-dealkylation sites (N-methyl/N-ethyl adjacent to an activating group) is 1. The molecule has 2 atom stereocenters. The van der Waals surface area contributed by atoms with Crippen LogP contribution in [0.5, 0.6) is 0 Å². The van der Waals surface area contributed by atoms with Crippen LogP contribution in [0.1, 0.15) is 44.5 Å². The first-order valence-electron chi connectivity index (χ1n) is 9.52. The first kappa shape index (κ1) is 18.2. The van der Waals surface area contributed by atoms with Gasteiger partial charge in [-0.3, -0.25) is 4.90 Å². The van der Waals surface area contributed by atoms with Crippen LogP contribution in [0, 0.1) is 5.92 Å². The number of imidazole rings is 1. The van der Waals surface area contributed by atoms with Gasteiger partial charge >= 0.3 is 6.03 Å². The Kier molecular flexibility index (Phi) is 5.96. The lowest BCUT2D eigenvalue weighted by Crippen LogP contribution is -2.48. The second kappa shape index (κ2) is 8.19. The maximum absolute atomic E-state index is 12.5. The number of carbonyl (C=O) groups is 1.